The number of carbonyl (C=O) groups excluding carboxylic acids is 1. The maximum atomic E-state index is 12.3. The summed E-state index contributed by atoms with van der Waals surface area (Å²) in [7, 11) is 0. The van der Waals surface area contributed by atoms with E-state index in [1.54, 1.807) is 35.3 Å². The van der Waals surface area contributed by atoms with Gasteiger partial charge in [0.25, 0.3) is 5.91 Å². The van der Waals surface area contributed by atoms with Gasteiger partial charge in [-0.3, -0.25) is 4.79 Å². The van der Waals surface area contributed by atoms with Gasteiger partial charge in [-0.05, 0) is 43.6 Å². The Labute approximate surface area is 151 Å². The minimum atomic E-state index is -0.110. The van der Waals surface area contributed by atoms with E-state index in [1.807, 2.05) is 0 Å². The van der Waals surface area contributed by atoms with E-state index in [0.717, 1.165) is 26.1 Å². The Morgan fingerprint density at radius 2 is 2.25 bits per heavy atom. The van der Waals surface area contributed by atoms with E-state index in [0.29, 0.717) is 33.8 Å². The molecule has 1 aliphatic rings. The summed E-state index contributed by atoms with van der Waals surface area (Å²) in [5.41, 5.74) is 1.21. The number of hydrogen-bond acceptors (Lipinski definition) is 3. The summed E-state index contributed by atoms with van der Waals surface area (Å²) in [6.07, 6.45) is 4.36. The van der Waals surface area contributed by atoms with E-state index in [2.05, 4.69) is 22.2 Å². The zero-order chi connectivity index (χ0) is 17.1. The van der Waals surface area contributed by atoms with Crippen molar-refractivity contribution >= 4 is 29.1 Å². The molecule has 1 amide bonds. The summed E-state index contributed by atoms with van der Waals surface area (Å²) in [5.74, 6) is 0.413. The van der Waals surface area contributed by atoms with Crippen LogP contribution in [-0.2, 0) is 0 Å². The van der Waals surface area contributed by atoms with Gasteiger partial charge in [-0.15, -0.1) is 0 Å². The molecular formula is C17H20Cl2N4O. The van der Waals surface area contributed by atoms with Gasteiger partial charge < -0.3 is 10.2 Å². The third-order valence-corrected chi connectivity index (χ3v) is 4.91. The number of nitrogens with one attached hydrogen (secondary N) is 1. The van der Waals surface area contributed by atoms with Crippen LogP contribution in [0.3, 0.4) is 0 Å². The lowest BCUT2D eigenvalue weighted by Crippen LogP contribution is -2.30. The molecule has 0 bridgehead atoms. The molecule has 1 aromatic heterocycles. The fraction of sp³-hybridized carbons (Fsp3) is 0.412. The average Bonchev–Trinajstić information content (AvgIpc) is 3.22. The summed E-state index contributed by atoms with van der Waals surface area (Å²) in [6, 6.07) is 5.17. The first kappa shape index (κ1) is 17.3. The van der Waals surface area contributed by atoms with Crippen LogP contribution in [0.4, 0.5) is 0 Å². The highest BCUT2D eigenvalue weighted by atomic mass is 35.5. The van der Waals surface area contributed by atoms with Crippen molar-refractivity contribution in [1.82, 2.24) is 20.0 Å². The number of likely N-dealkylation sites (tertiary alicyclic amines) is 1. The number of amides is 1. The molecule has 0 spiro atoms. The number of nitrogens with zero attached hydrogens (tertiary/aromatic N) is 3. The SMILES string of the molecule is CCN1CCC(CNC(=O)c2cnn(-c3ccc(Cl)cc3Cl)c2)C1. The molecule has 2 heterocycles. The monoisotopic (exact) mass is 366 g/mol. The molecule has 0 aliphatic carbocycles. The molecular weight excluding hydrogens is 347 g/mol. The summed E-state index contributed by atoms with van der Waals surface area (Å²) in [5, 5.41) is 8.27. The second-order valence-corrected chi connectivity index (χ2v) is 6.87. The van der Waals surface area contributed by atoms with E-state index in [9.17, 15) is 4.79 Å². The van der Waals surface area contributed by atoms with E-state index < -0.39 is 0 Å². The molecule has 1 atom stereocenters. The number of benzene rings is 1. The first-order chi connectivity index (χ1) is 11.6. The topological polar surface area (TPSA) is 50.2 Å². The Morgan fingerprint density at radius 3 is 2.96 bits per heavy atom. The largest absolute Gasteiger partial charge is 0.352 e. The normalized spacial score (nSPS) is 18.0. The van der Waals surface area contributed by atoms with Gasteiger partial charge in [-0.1, -0.05) is 30.1 Å². The van der Waals surface area contributed by atoms with E-state index in [4.69, 9.17) is 23.2 Å². The standard InChI is InChI=1S/C17H20Cl2N4O/c1-2-22-6-5-12(10-22)8-20-17(24)13-9-21-23(11-13)16-4-3-14(18)7-15(16)19/h3-4,7,9,11-12H,2,5-6,8,10H2,1H3,(H,20,24). The summed E-state index contributed by atoms with van der Waals surface area (Å²) < 4.78 is 1.59. The zero-order valence-electron chi connectivity index (χ0n) is 13.5. The number of rotatable bonds is 5. The van der Waals surface area contributed by atoms with Crippen molar-refractivity contribution in [2.24, 2.45) is 5.92 Å². The van der Waals surface area contributed by atoms with Gasteiger partial charge in [0.15, 0.2) is 0 Å². The molecule has 1 fully saturated rings. The van der Waals surface area contributed by atoms with Gasteiger partial charge >= 0.3 is 0 Å². The van der Waals surface area contributed by atoms with Crippen LogP contribution in [0.2, 0.25) is 10.0 Å². The first-order valence-corrected chi connectivity index (χ1v) is 8.83. The smallest absolute Gasteiger partial charge is 0.254 e. The molecule has 1 N–H and O–H groups in total. The highest BCUT2D eigenvalue weighted by molar-refractivity contribution is 6.35. The van der Waals surface area contributed by atoms with Gasteiger partial charge in [0.1, 0.15) is 0 Å². The molecule has 2 aromatic rings. The van der Waals surface area contributed by atoms with Crippen molar-refractivity contribution in [2.45, 2.75) is 13.3 Å². The van der Waals surface area contributed by atoms with Crippen LogP contribution in [0.15, 0.2) is 30.6 Å². The summed E-state index contributed by atoms with van der Waals surface area (Å²) >= 11 is 12.1. The quantitative estimate of drug-likeness (QED) is 0.883. The van der Waals surface area contributed by atoms with Gasteiger partial charge in [-0.2, -0.15) is 5.10 Å². The third-order valence-electron chi connectivity index (χ3n) is 4.37. The number of halogens is 2. The lowest BCUT2D eigenvalue weighted by Gasteiger charge is -2.13. The van der Waals surface area contributed by atoms with Crippen LogP contribution in [0.5, 0.6) is 0 Å². The van der Waals surface area contributed by atoms with Crippen molar-refractivity contribution in [1.29, 1.82) is 0 Å². The molecule has 1 saturated heterocycles. The zero-order valence-corrected chi connectivity index (χ0v) is 15.0. The second-order valence-electron chi connectivity index (χ2n) is 6.03. The predicted molar refractivity (Wildman–Crippen MR) is 96.1 cm³/mol. The van der Waals surface area contributed by atoms with E-state index in [1.165, 1.54) is 0 Å². The molecule has 1 aromatic carbocycles. The van der Waals surface area contributed by atoms with Crippen LogP contribution in [0.25, 0.3) is 5.69 Å². The van der Waals surface area contributed by atoms with Crippen LogP contribution in [0.1, 0.15) is 23.7 Å². The van der Waals surface area contributed by atoms with E-state index in [-0.39, 0.29) is 5.91 Å². The first-order valence-electron chi connectivity index (χ1n) is 8.07. The molecule has 1 unspecified atom stereocenters. The van der Waals surface area contributed by atoms with Crippen LogP contribution in [0, 0.1) is 5.92 Å². The van der Waals surface area contributed by atoms with Crippen molar-refractivity contribution in [3.05, 3.63) is 46.2 Å². The molecule has 24 heavy (non-hydrogen) atoms. The molecule has 5 nitrogen and oxygen atoms in total. The number of carbonyl (C=O) groups is 1. The third kappa shape index (κ3) is 3.91. The van der Waals surface area contributed by atoms with E-state index >= 15 is 0 Å². The molecule has 0 saturated carbocycles. The van der Waals surface area contributed by atoms with Crippen molar-refractivity contribution in [2.75, 3.05) is 26.2 Å². The Kier molecular flexibility index (Phi) is 5.43. The van der Waals surface area contributed by atoms with Crippen molar-refractivity contribution < 1.29 is 4.79 Å². The number of aromatic nitrogens is 2. The van der Waals surface area contributed by atoms with Crippen LogP contribution >= 0.6 is 23.2 Å². The molecule has 128 valence electrons. The maximum Gasteiger partial charge on any atom is 0.254 e. The lowest BCUT2D eigenvalue weighted by atomic mass is 10.1. The Balaban J connectivity index is 1.61. The fourth-order valence-corrected chi connectivity index (χ4v) is 3.44. The van der Waals surface area contributed by atoms with Gasteiger partial charge in [0.05, 0.1) is 22.5 Å². The summed E-state index contributed by atoms with van der Waals surface area (Å²) in [6.45, 7) is 6.10. The van der Waals surface area contributed by atoms with Gasteiger partial charge in [0, 0.05) is 24.3 Å². The van der Waals surface area contributed by atoms with Crippen molar-refractivity contribution in [3.63, 3.8) is 0 Å². The second kappa shape index (κ2) is 7.55. The Hall–Kier alpha value is -1.56. The number of hydrogen-bond donors (Lipinski definition) is 1. The van der Waals surface area contributed by atoms with Crippen molar-refractivity contribution in [3.8, 4) is 5.69 Å². The fourth-order valence-electron chi connectivity index (χ4n) is 2.94. The minimum absolute atomic E-state index is 0.110. The van der Waals surface area contributed by atoms with Crippen LogP contribution in [-0.4, -0.2) is 46.8 Å². The highest BCUT2D eigenvalue weighted by Gasteiger charge is 2.22. The maximum absolute atomic E-state index is 12.3. The predicted octanol–water partition coefficient (Wildman–Crippen LogP) is 3.25. The molecule has 0 radical (unpaired) electrons. The Morgan fingerprint density at radius 1 is 1.42 bits per heavy atom. The van der Waals surface area contributed by atoms with Gasteiger partial charge in [-0.25, -0.2) is 4.68 Å². The lowest BCUT2D eigenvalue weighted by molar-refractivity contribution is 0.0947. The Bertz CT molecular complexity index is 731. The highest BCUT2D eigenvalue weighted by Crippen LogP contribution is 2.24. The minimum Gasteiger partial charge on any atom is -0.352 e. The summed E-state index contributed by atoms with van der Waals surface area (Å²) in [4.78, 5) is 14.7. The average molecular weight is 367 g/mol. The van der Waals surface area contributed by atoms with Gasteiger partial charge in [0.2, 0.25) is 0 Å². The van der Waals surface area contributed by atoms with Crippen LogP contribution < -0.4 is 5.32 Å². The molecule has 7 heteroatoms. The molecule has 1 aliphatic heterocycles. The molecule has 3 rings (SSSR count).